The first-order valence-electron chi connectivity index (χ1n) is 7.21. The molecule has 2 N–H and O–H groups in total. The lowest BCUT2D eigenvalue weighted by Gasteiger charge is -2.11. The second kappa shape index (κ2) is 6.50. The molecule has 0 fully saturated rings. The van der Waals surface area contributed by atoms with Gasteiger partial charge in [-0.05, 0) is 19.1 Å². The Bertz CT molecular complexity index is 971. The van der Waals surface area contributed by atoms with Crippen LogP contribution in [-0.2, 0) is 0 Å². The lowest BCUT2D eigenvalue weighted by molar-refractivity contribution is -0.154. The second-order valence-electron chi connectivity index (χ2n) is 5.18. The Kier molecular flexibility index (Phi) is 4.36. The van der Waals surface area contributed by atoms with Gasteiger partial charge in [-0.2, -0.15) is 13.2 Å². The molecule has 3 aromatic rings. The molecular weight excluding hydrogens is 355 g/mol. The van der Waals surface area contributed by atoms with Crippen molar-refractivity contribution < 1.29 is 27.4 Å². The van der Waals surface area contributed by atoms with Crippen molar-refractivity contribution >= 4 is 11.6 Å². The van der Waals surface area contributed by atoms with Gasteiger partial charge in [-0.15, -0.1) is 0 Å². The number of primary amides is 1. The van der Waals surface area contributed by atoms with Crippen LogP contribution in [0.1, 0.15) is 16.2 Å². The van der Waals surface area contributed by atoms with E-state index in [1.807, 2.05) is 0 Å². The fourth-order valence-corrected chi connectivity index (χ4v) is 2.18. The number of rotatable bonds is 5. The Morgan fingerprint density at radius 3 is 2.58 bits per heavy atom. The number of imidazole rings is 1. The third-order valence-corrected chi connectivity index (χ3v) is 3.28. The minimum Gasteiger partial charge on any atom is -0.464 e. The first kappa shape index (κ1) is 17.5. The Balaban J connectivity index is 1.89. The molecule has 0 aliphatic carbocycles. The van der Waals surface area contributed by atoms with Crippen LogP contribution in [0.15, 0.2) is 30.7 Å². The van der Waals surface area contributed by atoms with Gasteiger partial charge in [0, 0.05) is 12.4 Å². The fraction of sp³-hybridized carbons (Fsp3) is 0.200. The molecule has 8 nitrogen and oxygen atoms in total. The highest BCUT2D eigenvalue weighted by Gasteiger charge is 2.29. The number of alkyl halides is 3. The minimum atomic E-state index is -4.52. The summed E-state index contributed by atoms with van der Waals surface area (Å²) in [4.78, 5) is 23.0. The van der Waals surface area contributed by atoms with Crippen LogP contribution in [0.4, 0.5) is 13.2 Å². The second-order valence-corrected chi connectivity index (χ2v) is 5.18. The summed E-state index contributed by atoms with van der Waals surface area (Å²) in [6, 6.07) is 3.07. The highest BCUT2D eigenvalue weighted by atomic mass is 19.4. The van der Waals surface area contributed by atoms with Crippen LogP contribution >= 0.6 is 0 Å². The maximum absolute atomic E-state index is 12.3. The van der Waals surface area contributed by atoms with Crippen LogP contribution in [0.25, 0.3) is 5.65 Å². The average Bonchev–Trinajstić information content (AvgIpc) is 2.90. The maximum Gasteiger partial charge on any atom is 0.422 e. The molecule has 0 aliphatic heterocycles. The number of hydrogen-bond acceptors (Lipinski definition) is 6. The topological polar surface area (TPSA) is 105 Å². The number of ether oxygens (including phenoxy) is 2. The normalized spacial score (nSPS) is 11.5. The summed E-state index contributed by atoms with van der Waals surface area (Å²) in [5.74, 6) is -1.08. The van der Waals surface area contributed by atoms with Crippen LogP contribution in [0.5, 0.6) is 17.5 Å². The van der Waals surface area contributed by atoms with Gasteiger partial charge in [-0.1, -0.05) is 0 Å². The van der Waals surface area contributed by atoms with E-state index in [4.69, 9.17) is 10.5 Å². The Morgan fingerprint density at radius 2 is 1.92 bits per heavy atom. The van der Waals surface area contributed by atoms with E-state index in [-0.39, 0.29) is 17.3 Å². The molecule has 0 bridgehead atoms. The molecule has 0 saturated heterocycles. The standard InChI is InChI=1S/C15H12F3N5O3/c1-8-11(12(19)24)22-10-3-2-9(6-23(8)10)26-14-13(20-4-5-21-14)25-7-15(16,17)18/h2-6H,7H2,1H3,(H2,19,24). The number of aromatic nitrogens is 4. The molecule has 3 aromatic heterocycles. The van der Waals surface area contributed by atoms with Crippen molar-refractivity contribution in [1.29, 1.82) is 0 Å². The van der Waals surface area contributed by atoms with Gasteiger partial charge in [-0.25, -0.2) is 15.0 Å². The van der Waals surface area contributed by atoms with Crippen molar-refractivity contribution in [2.45, 2.75) is 13.1 Å². The summed E-state index contributed by atoms with van der Waals surface area (Å²) in [5, 5.41) is 0. The van der Waals surface area contributed by atoms with E-state index in [1.165, 1.54) is 24.7 Å². The van der Waals surface area contributed by atoms with Crippen LogP contribution in [0.2, 0.25) is 0 Å². The molecule has 0 spiro atoms. The molecule has 0 aliphatic rings. The molecule has 11 heteroatoms. The number of hydrogen-bond donors (Lipinski definition) is 1. The van der Waals surface area contributed by atoms with Crippen LogP contribution in [-0.4, -0.2) is 38.0 Å². The molecule has 0 saturated carbocycles. The Morgan fingerprint density at radius 1 is 1.23 bits per heavy atom. The first-order chi connectivity index (χ1) is 12.2. The lowest BCUT2D eigenvalue weighted by atomic mass is 10.3. The van der Waals surface area contributed by atoms with E-state index in [2.05, 4.69) is 19.7 Å². The van der Waals surface area contributed by atoms with Gasteiger partial charge in [0.25, 0.3) is 17.7 Å². The number of carbonyl (C=O) groups is 1. The summed E-state index contributed by atoms with van der Waals surface area (Å²) >= 11 is 0. The van der Waals surface area contributed by atoms with Crippen molar-refractivity contribution in [3.8, 4) is 17.5 Å². The highest BCUT2D eigenvalue weighted by Crippen LogP contribution is 2.29. The third-order valence-electron chi connectivity index (χ3n) is 3.28. The number of aryl methyl sites for hydroxylation is 1. The molecule has 136 valence electrons. The largest absolute Gasteiger partial charge is 0.464 e. The highest BCUT2D eigenvalue weighted by molar-refractivity contribution is 5.92. The zero-order valence-corrected chi connectivity index (χ0v) is 13.3. The van der Waals surface area contributed by atoms with Gasteiger partial charge in [-0.3, -0.25) is 9.20 Å². The van der Waals surface area contributed by atoms with Crippen LogP contribution < -0.4 is 15.2 Å². The number of fused-ring (bicyclic) bond motifs is 1. The number of carbonyl (C=O) groups excluding carboxylic acids is 1. The van der Waals surface area contributed by atoms with Gasteiger partial charge in [0.1, 0.15) is 17.1 Å². The average molecular weight is 367 g/mol. The zero-order chi connectivity index (χ0) is 18.9. The molecule has 0 unspecified atom stereocenters. The Labute approximate surface area is 144 Å². The van der Waals surface area contributed by atoms with Gasteiger partial charge < -0.3 is 15.2 Å². The number of amides is 1. The van der Waals surface area contributed by atoms with Gasteiger partial charge in [0.05, 0.1) is 11.9 Å². The molecule has 0 radical (unpaired) electrons. The van der Waals surface area contributed by atoms with E-state index in [0.29, 0.717) is 11.3 Å². The predicted molar refractivity (Wildman–Crippen MR) is 82.1 cm³/mol. The van der Waals surface area contributed by atoms with E-state index >= 15 is 0 Å². The molecule has 26 heavy (non-hydrogen) atoms. The minimum absolute atomic E-state index is 0.107. The summed E-state index contributed by atoms with van der Waals surface area (Å²) in [6.45, 7) is 0.119. The zero-order valence-electron chi connectivity index (χ0n) is 13.3. The van der Waals surface area contributed by atoms with Crippen molar-refractivity contribution in [3.05, 3.63) is 42.1 Å². The first-order valence-corrected chi connectivity index (χ1v) is 7.21. The van der Waals surface area contributed by atoms with Crippen molar-refractivity contribution in [2.75, 3.05) is 6.61 Å². The van der Waals surface area contributed by atoms with Gasteiger partial charge in [0.2, 0.25) is 0 Å². The molecule has 0 aromatic carbocycles. The molecule has 3 rings (SSSR count). The van der Waals surface area contributed by atoms with Crippen LogP contribution in [0.3, 0.4) is 0 Å². The number of halogens is 3. The molecule has 0 atom stereocenters. The number of nitrogens with two attached hydrogens (primary N) is 1. The molecule has 1 amide bonds. The summed E-state index contributed by atoms with van der Waals surface area (Å²) in [5.41, 5.74) is 6.31. The van der Waals surface area contributed by atoms with Gasteiger partial charge >= 0.3 is 6.18 Å². The summed E-state index contributed by atoms with van der Waals surface area (Å²) < 4.78 is 48.6. The molecular formula is C15H12F3N5O3. The van der Waals surface area contributed by atoms with Crippen molar-refractivity contribution in [2.24, 2.45) is 5.73 Å². The van der Waals surface area contributed by atoms with Gasteiger partial charge in [0.15, 0.2) is 6.61 Å². The number of pyridine rings is 1. The smallest absolute Gasteiger partial charge is 0.422 e. The van der Waals surface area contributed by atoms with Crippen LogP contribution in [0, 0.1) is 6.92 Å². The summed E-state index contributed by atoms with van der Waals surface area (Å²) in [7, 11) is 0. The van der Waals surface area contributed by atoms with Crippen molar-refractivity contribution in [1.82, 2.24) is 19.4 Å². The van der Waals surface area contributed by atoms with E-state index in [9.17, 15) is 18.0 Å². The predicted octanol–water partition coefficient (Wildman–Crippen LogP) is 2.27. The molecule has 3 heterocycles. The van der Waals surface area contributed by atoms with E-state index < -0.39 is 24.6 Å². The summed E-state index contributed by atoms with van der Waals surface area (Å²) in [6.07, 6.45) is -0.595. The number of nitrogens with zero attached hydrogens (tertiary/aromatic N) is 4. The SMILES string of the molecule is Cc1c(C(N)=O)nc2ccc(Oc3nccnc3OCC(F)(F)F)cn12. The third kappa shape index (κ3) is 3.66. The quantitative estimate of drug-likeness (QED) is 0.742. The monoisotopic (exact) mass is 367 g/mol. The lowest BCUT2D eigenvalue weighted by Crippen LogP contribution is -2.20. The van der Waals surface area contributed by atoms with Crippen molar-refractivity contribution in [3.63, 3.8) is 0 Å². The fourth-order valence-electron chi connectivity index (χ4n) is 2.18. The van der Waals surface area contributed by atoms with E-state index in [1.54, 1.807) is 17.4 Å². The van der Waals surface area contributed by atoms with E-state index in [0.717, 1.165) is 0 Å². The maximum atomic E-state index is 12.3. The Hall–Kier alpha value is -3.37.